The first-order valence-corrected chi connectivity index (χ1v) is 6.97. The lowest BCUT2D eigenvalue weighted by molar-refractivity contribution is -0.275. The molecule has 0 bridgehead atoms. The molecule has 2 aromatic carbocycles. The van der Waals surface area contributed by atoms with E-state index in [9.17, 15) is 13.2 Å². The number of ether oxygens (including phenoxy) is 1. The molecule has 0 saturated carbocycles. The molecular formula is C15H13BrF3NO. The van der Waals surface area contributed by atoms with Crippen molar-refractivity contribution in [1.82, 2.24) is 5.32 Å². The van der Waals surface area contributed by atoms with Crippen molar-refractivity contribution in [3.63, 3.8) is 0 Å². The van der Waals surface area contributed by atoms with Gasteiger partial charge in [0.15, 0.2) is 0 Å². The molecule has 2 aromatic rings. The topological polar surface area (TPSA) is 21.3 Å². The number of alkyl halides is 3. The Morgan fingerprint density at radius 2 is 1.81 bits per heavy atom. The zero-order valence-corrected chi connectivity index (χ0v) is 12.7. The Balaban J connectivity index is 2.43. The lowest BCUT2D eigenvalue weighted by Gasteiger charge is -2.21. The van der Waals surface area contributed by atoms with Crippen molar-refractivity contribution in [2.45, 2.75) is 12.4 Å². The molecule has 0 aliphatic heterocycles. The summed E-state index contributed by atoms with van der Waals surface area (Å²) in [6.07, 6.45) is -4.72. The second-order valence-electron chi connectivity index (χ2n) is 4.36. The molecule has 0 saturated heterocycles. The molecule has 0 aromatic heterocycles. The van der Waals surface area contributed by atoms with Crippen LogP contribution in [0, 0.1) is 0 Å². The molecule has 0 fully saturated rings. The van der Waals surface area contributed by atoms with Crippen LogP contribution in [0.25, 0.3) is 0 Å². The van der Waals surface area contributed by atoms with E-state index in [-0.39, 0.29) is 5.75 Å². The van der Waals surface area contributed by atoms with Gasteiger partial charge in [-0.3, -0.25) is 0 Å². The molecule has 112 valence electrons. The van der Waals surface area contributed by atoms with E-state index in [1.54, 1.807) is 19.2 Å². The van der Waals surface area contributed by atoms with Crippen molar-refractivity contribution in [3.05, 3.63) is 64.1 Å². The Bertz CT molecular complexity index is 616. The van der Waals surface area contributed by atoms with Gasteiger partial charge in [0.1, 0.15) is 5.75 Å². The number of nitrogens with one attached hydrogen (secondary N) is 1. The largest absolute Gasteiger partial charge is 0.573 e. The van der Waals surface area contributed by atoms with Crippen molar-refractivity contribution >= 4 is 15.9 Å². The first-order chi connectivity index (χ1) is 9.90. The smallest absolute Gasteiger partial charge is 0.405 e. The van der Waals surface area contributed by atoms with Gasteiger partial charge in [-0.2, -0.15) is 0 Å². The first-order valence-electron chi connectivity index (χ1n) is 6.18. The Kier molecular flexibility index (Phi) is 4.90. The van der Waals surface area contributed by atoms with Crippen LogP contribution in [0.4, 0.5) is 13.2 Å². The van der Waals surface area contributed by atoms with Crippen molar-refractivity contribution in [2.75, 3.05) is 7.05 Å². The highest BCUT2D eigenvalue weighted by molar-refractivity contribution is 9.10. The molecule has 1 N–H and O–H groups in total. The molecule has 2 nitrogen and oxygen atoms in total. The maximum Gasteiger partial charge on any atom is 0.573 e. The monoisotopic (exact) mass is 359 g/mol. The van der Waals surface area contributed by atoms with Gasteiger partial charge in [-0.25, -0.2) is 0 Å². The SMILES string of the molecule is CNC(c1cccc(Br)c1)c1ccccc1OC(F)(F)F. The summed E-state index contributed by atoms with van der Waals surface area (Å²) in [5.41, 5.74) is 1.26. The van der Waals surface area contributed by atoms with Crippen LogP contribution >= 0.6 is 15.9 Å². The summed E-state index contributed by atoms with van der Waals surface area (Å²) in [5.74, 6) is -0.204. The van der Waals surface area contributed by atoms with Gasteiger partial charge in [-0.15, -0.1) is 13.2 Å². The van der Waals surface area contributed by atoms with E-state index >= 15 is 0 Å². The normalized spacial score (nSPS) is 13.0. The summed E-state index contributed by atoms with van der Waals surface area (Å²) in [6.45, 7) is 0. The maximum atomic E-state index is 12.5. The molecule has 0 heterocycles. The van der Waals surface area contributed by atoms with Gasteiger partial charge in [0.2, 0.25) is 0 Å². The number of para-hydroxylation sites is 1. The van der Waals surface area contributed by atoms with E-state index in [2.05, 4.69) is 26.0 Å². The minimum atomic E-state index is -4.72. The summed E-state index contributed by atoms with van der Waals surface area (Å²) < 4.78 is 42.5. The number of hydrogen-bond acceptors (Lipinski definition) is 2. The lowest BCUT2D eigenvalue weighted by atomic mass is 9.98. The van der Waals surface area contributed by atoms with Gasteiger partial charge in [-0.1, -0.05) is 46.3 Å². The highest BCUT2D eigenvalue weighted by Gasteiger charge is 2.33. The number of rotatable bonds is 4. The summed E-state index contributed by atoms with van der Waals surface area (Å²) in [4.78, 5) is 0. The summed E-state index contributed by atoms with van der Waals surface area (Å²) in [7, 11) is 1.69. The van der Waals surface area contributed by atoms with E-state index in [1.165, 1.54) is 12.1 Å². The van der Waals surface area contributed by atoms with E-state index in [1.807, 2.05) is 24.3 Å². The summed E-state index contributed by atoms with van der Waals surface area (Å²) >= 11 is 3.36. The molecule has 0 spiro atoms. The molecule has 0 amide bonds. The Hall–Kier alpha value is -1.53. The van der Waals surface area contributed by atoms with Crippen LogP contribution in [0.5, 0.6) is 5.75 Å². The Morgan fingerprint density at radius 3 is 2.43 bits per heavy atom. The van der Waals surface area contributed by atoms with Crippen molar-refractivity contribution in [3.8, 4) is 5.75 Å². The zero-order valence-electron chi connectivity index (χ0n) is 11.1. The highest BCUT2D eigenvalue weighted by atomic mass is 79.9. The third-order valence-electron chi connectivity index (χ3n) is 2.93. The molecule has 0 aliphatic carbocycles. The van der Waals surface area contributed by atoms with Crippen LogP contribution in [0.2, 0.25) is 0 Å². The van der Waals surface area contributed by atoms with Gasteiger partial charge >= 0.3 is 6.36 Å². The Labute approximate surface area is 129 Å². The van der Waals surface area contributed by atoms with Crippen LogP contribution in [-0.2, 0) is 0 Å². The highest BCUT2D eigenvalue weighted by Crippen LogP contribution is 2.33. The second-order valence-corrected chi connectivity index (χ2v) is 5.28. The van der Waals surface area contributed by atoms with E-state index in [4.69, 9.17) is 0 Å². The predicted molar refractivity (Wildman–Crippen MR) is 78.2 cm³/mol. The molecular weight excluding hydrogens is 347 g/mol. The predicted octanol–water partition coefficient (Wildman–Crippen LogP) is 4.66. The fraction of sp³-hybridized carbons (Fsp3) is 0.200. The van der Waals surface area contributed by atoms with Gasteiger partial charge in [0, 0.05) is 10.0 Å². The lowest BCUT2D eigenvalue weighted by Crippen LogP contribution is -2.22. The number of halogens is 4. The van der Waals surface area contributed by atoms with Gasteiger partial charge in [0.25, 0.3) is 0 Å². The average molecular weight is 360 g/mol. The molecule has 0 radical (unpaired) electrons. The third kappa shape index (κ3) is 4.22. The van der Waals surface area contributed by atoms with E-state index < -0.39 is 12.4 Å². The maximum absolute atomic E-state index is 12.5. The molecule has 1 atom stereocenters. The van der Waals surface area contributed by atoms with Crippen LogP contribution < -0.4 is 10.1 Å². The molecule has 21 heavy (non-hydrogen) atoms. The first kappa shape index (κ1) is 15.9. The van der Waals surface area contributed by atoms with Crippen LogP contribution in [0.3, 0.4) is 0 Å². The van der Waals surface area contributed by atoms with Crippen molar-refractivity contribution < 1.29 is 17.9 Å². The van der Waals surface area contributed by atoms with Crippen LogP contribution in [0.1, 0.15) is 17.2 Å². The van der Waals surface area contributed by atoms with Gasteiger partial charge < -0.3 is 10.1 Å². The quantitative estimate of drug-likeness (QED) is 0.857. The minimum Gasteiger partial charge on any atom is -0.405 e. The molecule has 1 unspecified atom stereocenters. The van der Waals surface area contributed by atoms with Crippen LogP contribution in [0.15, 0.2) is 53.0 Å². The van der Waals surface area contributed by atoms with E-state index in [0.717, 1.165) is 10.0 Å². The van der Waals surface area contributed by atoms with Gasteiger partial charge in [-0.05, 0) is 30.8 Å². The summed E-state index contributed by atoms with van der Waals surface area (Å²) in [5, 5.41) is 3.02. The fourth-order valence-corrected chi connectivity index (χ4v) is 2.54. The fourth-order valence-electron chi connectivity index (χ4n) is 2.12. The van der Waals surface area contributed by atoms with Crippen LogP contribution in [-0.4, -0.2) is 13.4 Å². The van der Waals surface area contributed by atoms with E-state index in [0.29, 0.717) is 5.56 Å². The number of benzene rings is 2. The minimum absolute atomic E-state index is 0.204. The summed E-state index contributed by atoms with van der Waals surface area (Å²) in [6, 6.07) is 13.1. The average Bonchev–Trinajstić information content (AvgIpc) is 2.40. The molecule has 2 rings (SSSR count). The standard InChI is InChI=1S/C15H13BrF3NO/c1-20-14(10-5-4-6-11(16)9-10)12-7-2-3-8-13(12)21-15(17,18)19/h2-9,14,20H,1H3. The third-order valence-corrected chi connectivity index (χ3v) is 3.42. The second kappa shape index (κ2) is 6.49. The number of hydrogen-bond donors (Lipinski definition) is 1. The molecule has 6 heteroatoms. The van der Waals surface area contributed by atoms with Gasteiger partial charge in [0.05, 0.1) is 6.04 Å². The molecule has 0 aliphatic rings. The van der Waals surface area contributed by atoms with Crippen molar-refractivity contribution in [1.29, 1.82) is 0 Å². The van der Waals surface area contributed by atoms with Crippen molar-refractivity contribution in [2.24, 2.45) is 0 Å². The zero-order chi connectivity index (χ0) is 15.5. The Morgan fingerprint density at radius 1 is 1.10 bits per heavy atom.